The Kier molecular flexibility index (Phi) is 5.47. The number of rotatable bonds is 6. The summed E-state index contributed by atoms with van der Waals surface area (Å²) in [5.74, 6) is -0.836. The maximum atomic E-state index is 12.9. The van der Waals surface area contributed by atoms with Crippen LogP contribution in [0.15, 0.2) is 42.5 Å². The lowest BCUT2D eigenvalue weighted by molar-refractivity contribution is -0.386. The predicted octanol–water partition coefficient (Wildman–Crippen LogP) is 3.84. The summed E-state index contributed by atoms with van der Waals surface area (Å²) in [6, 6.07) is 9.83. The number of nitrogens with one attached hydrogen (secondary N) is 1. The van der Waals surface area contributed by atoms with Crippen LogP contribution >= 0.6 is 0 Å². The number of nitro groups is 1. The molecule has 0 aliphatic heterocycles. The van der Waals surface area contributed by atoms with Crippen LogP contribution in [0.1, 0.15) is 18.9 Å². The molecule has 0 saturated heterocycles. The first-order chi connectivity index (χ1) is 11.4. The molecular formula is C17H17FN2O4. The monoisotopic (exact) mass is 332 g/mol. The number of benzene rings is 2. The van der Waals surface area contributed by atoms with Crippen molar-refractivity contribution in [2.24, 2.45) is 0 Å². The number of carbonyl (C=O) groups excluding carboxylic acids is 1. The van der Waals surface area contributed by atoms with E-state index >= 15 is 0 Å². The van der Waals surface area contributed by atoms with Gasteiger partial charge in [0.15, 0.2) is 11.9 Å². The molecule has 6 nitrogen and oxygen atoms in total. The average molecular weight is 332 g/mol. The van der Waals surface area contributed by atoms with E-state index in [1.165, 1.54) is 36.4 Å². The van der Waals surface area contributed by atoms with E-state index < -0.39 is 22.8 Å². The maximum Gasteiger partial charge on any atom is 0.311 e. The second-order valence-electron chi connectivity index (χ2n) is 5.24. The fourth-order valence-corrected chi connectivity index (χ4v) is 2.10. The van der Waals surface area contributed by atoms with Crippen LogP contribution in [0, 0.1) is 22.9 Å². The number of hydrogen-bond acceptors (Lipinski definition) is 4. The van der Waals surface area contributed by atoms with Gasteiger partial charge in [-0.25, -0.2) is 4.39 Å². The molecule has 2 aromatic carbocycles. The van der Waals surface area contributed by atoms with Crippen LogP contribution in [-0.2, 0) is 4.79 Å². The van der Waals surface area contributed by atoms with Crippen molar-refractivity contribution in [2.45, 2.75) is 26.4 Å². The van der Waals surface area contributed by atoms with Crippen LogP contribution in [0.5, 0.6) is 5.75 Å². The number of carbonyl (C=O) groups is 1. The second kappa shape index (κ2) is 7.54. The van der Waals surface area contributed by atoms with Gasteiger partial charge in [0, 0.05) is 11.8 Å². The largest absolute Gasteiger partial charge is 0.473 e. The van der Waals surface area contributed by atoms with Crippen molar-refractivity contribution in [1.29, 1.82) is 0 Å². The molecule has 7 heteroatoms. The van der Waals surface area contributed by atoms with Gasteiger partial charge >= 0.3 is 5.69 Å². The molecule has 0 aliphatic carbocycles. The molecule has 0 fully saturated rings. The normalized spacial score (nSPS) is 11.6. The summed E-state index contributed by atoms with van der Waals surface area (Å²) in [6.45, 7) is 3.46. The molecule has 24 heavy (non-hydrogen) atoms. The summed E-state index contributed by atoms with van der Waals surface area (Å²) >= 11 is 0. The van der Waals surface area contributed by atoms with Gasteiger partial charge in [-0.05, 0) is 49.2 Å². The molecule has 126 valence electrons. The maximum absolute atomic E-state index is 12.9. The average Bonchev–Trinajstić information content (AvgIpc) is 2.55. The topological polar surface area (TPSA) is 81.5 Å². The highest BCUT2D eigenvalue weighted by molar-refractivity contribution is 5.94. The molecule has 0 aliphatic rings. The number of hydrogen-bond donors (Lipinski definition) is 1. The molecule has 1 amide bonds. The Balaban J connectivity index is 2.15. The first-order valence-electron chi connectivity index (χ1n) is 7.39. The SMILES string of the molecule is CCC(Oc1ccc(C)cc1[N+](=O)[O-])C(=O)Nc1ccc(F)cc1. The van der Waals surface area contributed by atoms with Gasteiger partial charge in [-0.15, -0.1) is 0 Å². The Bertz CT molecular complexity index is 747. The van der Waals surface area contributed by atoms with Crippen molar-refractivity contribution in [3.63, 3.8) is 0 Å². The fraction of sp³-hybridized carbons (Fsp3) is 0.235. The molecule has 0 bridgehead atoms. The van der Waals surface area contributed by atoms with E-state index in [2.05, 4.69) is 5.32 Å². The number of nitrogens with zero attached hydrogens (tertiary/aromatic N) is 1. The first-order valence-corrected chi connectivity index (χ1v) is 7.39. The zero-order chi connectivity index (χ0) is 17.7. The molecule has 0 radical (unpaired) electrons. The lowest BCUT2D eigenvalue weighted by atomic mass is 10.2. The van der Waals surface area contributed by atoms with Crippen LogP contribution in [-0.4, -0.2) is 16.9 Å². The molecular weight excluding hydrogens is 315 g/mol. The van der Waals surface area contributed by atoms with Gasteiger partial charge in [-0.2, -0.15) is 0 Å². The molecule has 1 atom stereocenters. The Morgan fingerprint density at radius 3 is 2.54 bits per heavy atom. The summed E-state index contributed by atoms with van der Waals surface area (Å²) in [7, 11) is 0. The predicted molar refractivity (Wildman–Crippen MR) is 87.6 cm³/mol. The lowest BCUT2D eigenvalue weighted by Crippen LogP contribution is -2.32. The summed E-state index contributed by atoms with van der Waals surface area (Å²) in [6.07, 6.45) is -0.589. The standard InChI is InChI=1S/C17H17FN2O4/c1-3-15(17(21)19-13-7-5-12(18)6-8-13)24-16-9-4-11(2)10-14(16)20(22)23/h4-10,15H,3H2,1-2H3,(H,19,21). The van der Waals surface area contributed by atoms with Crippen molar-refractivity contribution < 1.29 is 18.8 Å². The van der Waals surface area contributed by atoms with Gasteiger partial charge in [-0.3, -0.25) is 14.9 Å². The molecule has 1 N–H and O–H groups in total. The highest BCUT2D eigenvalue weighted by Crippen LogP contribution is 2.29. The second-order valence-corrected chi connectivity index (χ2v) is 5.24. The minimum absolute atomic E-state index is 0.0340. The quantitative estimate of drug-likeness (QED) is 0.644. The van der Waals surface area contributed by atoms with Crippen LogP contribution in [0.3, 0.4) is 0 Å². The van der Waals surface area contributed by atoms with E-state index in [4.69, 9.17) is 4.74 Å². The molecule has 2 aromatic rings. The van der Waals surface area contributed by atoms with E-state index in [9.17, 15) is 19.3 Å². The van der Waals surface area contributed by atoms with Crippen LogP contribution < -0.4 is 10.1 Å². The van der Waals surface area contributed by atoms with Crippen molar-refractivity contribution in [3.8, 4) is 5.75 Å². The van der Waals surface area contributed by atoms with Crippen molar-refractivity contribution in [1.82, 2.24) is 0 Å². The molecule has 2 rings (SSSR count). The number of ether oxygens (including phenoxy) is 1. The molecule has 0 saturated carbocycles. The van der Waals surface area contributed by atoms with E-state index in [0.29, 0.717) is 12.1 Å². The summed E-state index contributed by atoms with van der Waals surface area (Å²) in [5, 5.41) is 13.7. The molecule has 0 aromatic heterocycles. The Hall–Kier alpha value is -2.96. The molecule has 0 spiro atoms. The van der Waals surface area contributed by atoms with E-state index in [1.54, 1.807) is 19.9 Å². The number of anilines is 1. The third kappa shape index (κ3) is 4.28. The van der Waals surface area contributed by atoms with E-state index in [1.807, 2.05) is 0 Å². The van der Waals surface area contributed by atoms with Crippen molar-refractivity contribution in [3.05, 3.63) is 64.0 Å². The third-order valence-corrected chi connectivity index (χ3v) is 3.36. The first kappa shape index (κ1) is 17.4. The minimum Gasteiger partial charge on any atom is -0.473 e. The minimum atomic E-state index is -0.906. The van der Waals surface area contributed by atoms with Gasteiger partial charge in [0.25, 0.3) is 5.91 Å². The van der Waals surface area contributed by atoms with Gasteiger partial charge in [0.2, 0.25) is 0 Å². The Morgan fingerprint density at radius 2 is 1.96 bits per heavy atom. The highest BCUT2D eigenvalue weighted by Gasteiger charge is 2.23. The Labute approximate surface area is 138 Å². The third-order valence-electron chi connectivity index (χ3n) is 3.36. The number of nitro benzene ring substituents is 1. The van der Waals surface area contributed by atoms with Gasteiger partial charge < -0.3 is 10.1 Å². The molecule has 0 heterocycles. The fourth-order valence-electron chi connectivity index (χ4n) is 2.10. The summed E-state index contributed by atoms with van der Waals surface area (Å²) < 4.78 is 18.4. The number of halogens is 1. The van der Waals surface area contributed by atoms with E-state index in [0.717, 1.165) is 5.56 Å². The molecule has 1 unspecified atom stereocenters. The highest BCUT2D eigenvalue weighted by atomic mass is 19.1. The Morgan fingerprint density at radius 1 is 1.29 bits per heavy atom. The van der Waals surface area contributed by atoms with Gasteiger partial charge in [0.05, 0.1) is 4.92 Å². The number of aryl methyl sites for hydroxylation is 1. The van der Waals surface area contributed by atoms with Gasteiger partial charge in [-0.1, -0.05) is 13.0 Å². The summed E-state index contributed by atoms with van der Waals surface area (Å²) in [5.41, 5.74) is 0.947. The van der Waals surface area contributed by atoms with Crippen LogP contribution in [0.2, 0.25) is 0 Å². The van der Waals surface area contributed by atoms with Crippen molar-refractivity contribution in [2.75, 3.05) is 5.32 Å². The zero-order valence-corrected chi connectivity index (χ0v) is 13.3. The summed E-state index contributed by atoms with van der Waals surface area (Å²) in [4.78, 5) is 22.9. The smallest absolute Gasteiger partial charge is 0.311 e. The van der Waals surface area contributed by atoms with Crippen LogP contribution in [0.25, 0.3) is 0 Å². The number of amides is 1. The van der Waals surface area contributed by atoms with E-state index in [-0.39, 0.29) is 11.4 Å². The zero-order valence-electron chi connectivity index (χ0n) is 13.3. The van der Waals surface area contributed by atoms with Gasteiger partial charge in [0.1, 0.15) is 5.82 Å². The van der Waals surface area contributed by atoms with Crippen LogP contribution in [0.4, 0.5) is 15.8 Å². The van der Waals surface area contributed by atoms with Crippen molar-refractivity contribution >= 4 is 17.3 Å². The lowest BCUT2D eigenvalue weighted by Gasteiger charge is -2.17.